The van der Waals surface area contributed by atoms with Gasteiger partial charge in [0.15, 0.2) is 0 Å². The monoisotopic (exact) mass is 485 g/mol. The van der Waals surface area contributed by atoms with Crippen LogP contribution in [0, 0.1) is 26.7 Å². The van der Waals surface area contributed by atoms with E-state index in [0.717, 1.165) is 27.4 Å². The second-order valence-corrected chi connectivity index (χ2v) is 11.7. The minimum Gasteiger partial charge on any atom is -0.354 e. The quantitative estimate of drug-likeness (QED) is 0.650. The van der Waals surface area contributed by atoms with Gasteiger partial charge < -0.3 is 5.32 Å². The van der Waals surface area contributed by atoms with E-state index >= 15 is 0 Å². The number of benzene rings is 2. The number of carbonyl (C=O) groups is 2. The zero-order valence-electron chi connectivity index (χ0n) is 20.9. The molecule has 8 heteroatoms. The van der Waals surface area contributed by atoms with Crippen LogP contribution in [0.3, 0.4) is 0 Å². The Hall–Kier alpha value is -2.71. The molecule has 2 aromatic carbocycles. The number of carbonyl (C=O) groups excluding carboxylic acids is 2. The van der Waals surface area contributed by atoms with E-state index in [0.29, 0.717) is 18.2 Å². The molecule has 0 spiro atoms. The summed E-state index contributed by atoms with van der Waals surface area (Å²) in [5.74, 6) is -0.405. The molecule has 1 aliphatic rings. The summed E-state index contributed by atoms with van der Waals surface area (Å²) in [4.78, 5) is 28.7. The molecular formula is C26H35N3O4S. The third kappa shape index (κ3) is 5.03. The van der Waals surface area contributed by atoms with Crippen LogP contribution < -0.4 is 10.2 Å². The van der Waals surface area contributed by atoms with Gasteiger partial charge in [0.2, 0.25) is 21.8 Å². The molecule has 0 aromatic heterocycles. The van der Waals surface area contributed by atoms with Gasteiger partial charge in [0.1, 0.15) is 5.54 Å². The molecule has 1 atom stereocenters. The molecule has 1 N–H and O–H groups in total. The Labute approximate surface area is 203 Å². The zero-order valence-corrected chi connectivity index (χ0v) is 21.7. The summed E-state index contributed by atoms with van der Waals surface area (Å²) in [5.41, 5.74) is 2.01. The normalized spacial score (nSPS) is 19.5. The summed E-state index contributed by atoms with van der Waals surface area (Å²) in [7, 11) is -3.97. The number of hydrogen-bond acceptors (Lipinski definition) is 4. The van der Waals surface area contributed by atoms with Gasteiger partial charge in [0, 0.05) is 18.8 Å². The summed E-state index contributed by atoms with van der Waals surface area (Å²) >= 11 is 0. The van der Waals surface area contributed by atoms with Crippen molar-refractivity contribution in [1.82, 2.24) is 9.62 Å². The van der Waals surface area contributed by atoms with Crippen molar-refractivity contribution in [3.05, 3.63) is 59.2 Å². The van der Waals surface area contributed by atoms with Gasteiger partial charge in [-0.2, -0.15) is 4.31 Å². The van der Waals surface area contributed by atoms with Gasteiger partial charge >= 0.3 is 0 Å². The van der Waals surface area contributed by atoms with Crippen LogP contribution in [0.1, 0.15) is 43.9 Å². The molecule has 0 aliphatic carbocycles. The minimum absolute atomic E-state index is 0.105. The molecular weight excluding hydrogens is 450 g/mol. The third-order valence-corrected chi connectivity index (χ3v) is 8.32. The maximum Gasteiger partial charge on any atom is 0.247 e. The topological polar surface area (TPSA) is 86.8 Å². The Bertz CT molecular complexity index is 1180. The molecule has 2 amide bonds. The Morgan fingerprint density at radius 3 is 2.35 bits per heavy atom. The zero-order chi connectivity index (χ0) is 25.3. The first-order chi connectivity index (χ1) is 15.9. The fraction of sp³-hybridized carbons (Fsp3) is 0.462. The molecule has 0 bridgehead atoms. The lowest BCUT2D eigenvalue weighted by Crippen LogP contribution is -2.70. The van der Waals surface area contributed by atoms with E-state index in [9.17, 15) is 18.0 Å². The summed E-state index contributed by atoms with van der Waals surface area (Å²) in [6, 6.07) is 12.1. The highest BCUT2D eigenvalue weighted by molar-refractivity contribution is 7.89. The molecule has 1 fully saturated rings. The Balaban J connectivity index is 2.05. The second-order valence-electron chi connectivity index (χ2n) is 9.75. The number of sulfonamides is 1. The number of amides is 2. The van der Waals surface area contributed by atoms with Gasteiger partial charge in [0.25, 0.3) is 0 Å². The van der Waals surface area contributed by atoms with Crippen molar-refractivity contribution in [2.75, 3.05) is 24.5 Å². The van der Waals surface area contributed by atoms with E-state index in [4.69, 9.17) is 0 Å². The number of nitrogens with one attached hydrogen (secondary N) is 1. The van der Waals surface area contributed by atoms with Crippen LogP contribution >= 0.6 is 0 Å². The Morgan fingerprint density at radius 2 is 1.74 bits per heavy atom. The average Bonchev–Trinajstić information content (AvgIpc) is 2.76. The Morgan fingerprint density at radius 1 is 1.09 bits per heavy atom. The lowest BCUT2D eigenvalue weighted by molar-refractivity contribution is -0.132. The van der Waals surface area contributed by atoms with Gasteiger partial charge in [-0.25, -0.2) is 8.42 Å². The largest absolute Gasteiger partial charge is 0.354 e. The maximum absolute atomic E-state index is 13.6. The minimum atomic E-state index is -3.97. The number of aryl methyl sites for hydroxylation is 2. The van der Waals surface area contributed by atoms with Gasteiger partial charge in [-0.15, -0.1) is 0 Å². The highest BCUT2D eigenvalue weighted by Gasteiger charge is 2.51. The van der Waals surface area contributed by atoms with Crippen molar-refractivity contribution in [3.8, 4) is 0 Å². The smallest absolute Gasteiger partial charge is 0.247 e. The first kappa shape index (κ1) is 25.9. The van der Waals surface area contributed by atoms with Crippen LogP contribution in [0.15, 0.2) is 47.4 Å². The predicted octanol–water partition coefficient (Wildman–Crippen LogP) is 3.57. The van der Waals surface area contributed by atoms with Crippen molar-refractivity contribution in [1.29, 1.82) is 0 Å². The molecule has 3 rings (SSSR count). The first-order valence-electron chi connectivity index (χ1n) is 11.6. The highest BCUT2D eigenvalue weighted by atomic mass is 32.2. The van der Waals surface area contributed by atoms with Gasteiger partial charge in [-0.3, -0.25) is 14.5 Å². The van der Waals surface area contributed by atoms with Crippen LogP contribution in [0.25, 0.3) is 0 Å². The molecule has 0 radical (unpaired) electrons. The van der Waals surface area contributed by atoms with E-state index in [1.54, 1.807) is 19.1 Å². The number of anilines is 1. The molecule has 34 heavy (non-hydrogen) atoms. The molecule has 2 aromatic rings. The first-order valence-corrected chi connectivity index (χ1v) is 13.1. The summed E-state index contributed by atoms with van der Waals surface area (Å²) < 4.78 is 28.0. The van der Waals surface area contributed by atoms with Crippen molar-refractivity contribution < 1.29 is 18.0 Å². The van der Waals surface area contributed by atoms with E-state index in [1.165, 1.54) is 17.0 Å². The lowest BCUT2D eigenvalue weighted by atomic mass is 9.92. The molecule has 1 aliphatic heterocycles. The van der Waals surface area contributed by atoms with Crippen molar-refractivity contribution in [3.63, 3.8) is 0 Å². The van der Waals surface area contributed by atoms with Crippen molar-refractivity contribution in [2.24, 2.45) is 5.92 Å². The molecule has 1 unspecified atom stereocenters. The fourth-order valence-electron chi connectivity index (χ4n) is 4.21. The van der Waals surface area contributed by atoms with E-state index in [1.807, 2.05) is 39.0 Å². The van der Waals surface area contributed by atoms with Crippen LogP contribution in [0.4, 0.5) is 5.69 Å². The van der Waals surface area contributed by atoms with Gasteiger partial charge in [-0.05, 0) is 69.4 Å². The van der Waals surface area contributed by atoms with Crippen molar-refractivity contribution >= 4 is 27.5 Å². The van der Waals surface area contributed by atoms with E-state index in [-0.39, 0.29) is 23.9 Å². The molecule has 184 valence electrons. The predicted molar refractivity (Wildman–Crippen MR) is 134 cm³/mol. The molecule has 1 heterocycles. The number of rotatable bonds is 7. The maximum atomic E-state index is 13.6. The summed E-state index contributed by atoms with van der Waals surface area (Å²) in [6.07, 6.45) is 0.782. The SMILES string of the molecule is Cc1ccc(S(=O)(=O)N2CC(=O)N(c3cccc(C)c3C)C(C)(C(=O)NCCC(C)C)C2)cc1. The van der Waals surface area contributed by atoms with Gasteiger partial charge in [-0.1, -0.05) is 43.7 Å². The average molecular weight is 486 g/mol. The Kier molecular flexibility index (Phi) is 7.53. The van der Waals surface area contributed by atoms with E-state index < -0.39 is 21.5 Å². The summed E-state index contributed by atoms with van der Waals surface area (Å²) in [6.45, 7) is 11.5. The van der Waals surface area contributed by atoms with Crippen LogP contribution in [0.5, 0.6) is 0 Å². The van der Waals surface area contributed by atoms with Gasteiger partial charge in [0.05, 0.1) is 11.4 Å². The molecule has 1 saturated heterocycles. The van der Waals surface area contributed by atoms with Crippen molar-refractivity contribution in [2.45, 2.75) is 58.4 Å². The molecule has 7 nitrogen and oxygen atoms in total. The third-order valence-electron chi connectivity index (χ3n) is 6.51. The fourth-order valence-corrected chi connectivity index (χ4v) is 5.69. The number of hydrogen-bond donors (Lipinski definition) is 1. The van der Waals surface area contributed by atoms with E-state index in [2.05, 4.69) is 19.2 Å². The number of piperazine rings is 1. The molecule has 0 saturated carbocycles. The second kappa shape index (κ2) is 9.88. The van der Waals surface area contributed by atoms with Crippen LogP contribution in [-0.4, -0.2) is 49.7 Å². The van der Waals surface area contributed by atoms with Crippen LogP contribution in [-0.2, 0) is 19.6 Å². The highest BCUT2D eigenvalue weighted by Crippen LogP contribution is 2.35. The standard InChI is InChI=1S/C26H35N3O4S/c1-18(2)14-15-27-25(31)26(6)17-28(34(32,33)22-12-10-19(3)11-13-22)16-24(30)29(26)23-9-7-8-20(4)21(23)5/h7-13,18H,14-17H2,1-6H3,(H,27,31). The number of nitrogens with zero attached hydrogens (tertiary/aromatic N) is 2. The lowest BCUT2D eigenvalue weighted by Gasteiger charge is -2.47. The summed E-state index contributed by atoms with van der Waals surface area (Å²) in [5, 5.41) is 2.94. The van der Waals surface area contributed by atoms with Crippen LogP contribution in [0.2, 0.25) is 0 Å².